The van der Waals surface area contributed by atoms with Crippen molar-refractivity contribution in [3.05, 3.63) is 91.0 Å². The Bertz CT molecular complexity index is 535. The summed E-state index contributed by atoms with van der Waals surface area (Å²) in [5.74, 6) is 0. The van der Waals surface area contributed by atoms with E-state index in [0.717, 1.165) is 0 Å². The van der Waals surface area contributed by atoms with Gasteiger partial charge in [-0.2, -0.15) is 0 Å². The van der Waals surface area contributed by atoms with Crippen LogP contribution in [0.2, 0.25) is 0 Å². The first kappa shape index (κ1) is 18.3. The number of rotatable bonds is 3. The van der Waals surface area contributed by atoms with Gasteiger partial charge in [-0.3, -0.25) is 0 Å². The second-order valence-corrected chi connectivity index (χ2v) is 6.56. The molecule has 3 aromatic carbocycles. The minimum atomic E-state index is -0.446. The molecule has 3 heteroatoms. The Morgan fingerprint density at radius 1 is 0.429 bits per heavy atom. The molecular weight excluding hydrogens is 412 g/mol. The Balaban J connectivity index is 0.00000110. The third kappa shape index (κ3) is 4.61. The van der Waals surface area contributed by atoms with Crippen LogP contribution in [0.1, 0.15) is 0 Å². The Labute approximate surface area is 151 Å². The van der Waals surface area contributed by atoms with Crippen LogP contribution in [-0.4, -0.2) is 0 Å². The molecule has 3 aromatic rings. The maximum atomic E-state index is 2.23. The number of hydrogen-bond acceptors (Lipinski definition) is 0. The maximum Gasteiger partial charge on any atom is 0 e. The molecule has 0 aromatic heterocycles. The van der Waals surface area contributed by atoms with Gasteiger partial charge in [-0.25, -0.2) is 0 Å². The van der Waals surface area contributed by atoms with Gasteiger partial charge >= 0.3 is 0 Å². The van der Waals surface area contributed by atoms with Crippen molar-refractivity contribution in [2.75, 3.05) is 0 Å². The fourth-order valence-corrected chi connectivity index (χ4v) is 4.48. The van der Waals surface area contributed by atoms with E-state index in [1.54, 1.807) is 0 Å². The molecular formula is C18H15NiPPd. The first-order valence-electron chi connectivity index (χ1n) is 6.40. The molecule has 0 radical (unpaired) electrons. The van der Waals surface area contributed by atoms with Gasteiger partial charge in [-0.1, -0.05) is 91.0 Å². The van der Waals surface area contributed by atoms with Gasteiger partial charge in [0, 0.05) is 36.9 Å². The van der Waals surface area contributed by atoms with Crippen molar-refractivity contribution in [3.8, 4) is 0 Å². The van der Waals surface area contributed by atoms with Crippen LogP contribution in [0.25, 0.3) is 0 Å². The average Bonchev–Trinajstić information content (AvgIpc) is 2.51. The zero-order valence-electron chi connectivity index (χ0n) is 11.2. The van der Waals surface area contributed by atoms with Gasteiger partial charge in [0.25, 0.3) is 0 Å². The standard InChI is InChI=1S/C18H15P.Ni.Pd/c1-4-10-16(11-5-1)19(17-12-6-2-7-13-17)18-14-8-3-9-15-18;;/h1-15H;;. The van der Waals surface area contributed by atoms with Gasteiger partial charge in [-0.15, -0.1) is 0 Å². The van der Waals surface area contributed by atoms with E-state index in [-0.39, 0.29) is 36.9 Å². The van der Waals surface area contributed by atoms with Crippen molar-refractivity contribution >= 4 is 23.8 Å². The summed E-state index contributed by atoms with van der Waals surface area (Å²) in [6, 6.07) is 32.3. The normalized spacial score (nSPS) is 9.57. The summed E-state index contributed by atoms with van der Waals surface area (Å²) in [5.41, 5.74) is 0. The van der Waals surface area contributed by atoms with Crippen LogP contribution in [0, 0.1) is 0 Å². The molecule has 0 N–H and O–H groups in total. The molecule has 0 nitrogen and oxygen atoms in total. The first-order chi connectivity index (χ1) is 9.45. The summed E-state index contributed by atoms with van der Waals surface area (Å²) >= 11 is 0. The van der Waals surface area contributed by atoms with E-state index in [2.05, 4.69) is 91.0 Å². The van der Waals surface area contributed by atoms with Crippen molar-refractivity contribution in [2.45, 2.75) is 0 Å². The molecule has 0 bridgehead atoms. The smallest absolute Gasteiger partial charge is 0 e. The summed E-state index contributed by atoms with van der Waals surface area (Å²) in [4.78, 5) is 0. The van der Waals surface area contributed by atoms with Gasteiger partial charge in [0.05, 0.1) is 0 Å². The summed E-state index contributed by atoms with van der Waals surface area (Å²) in [5, 5.41) is 4.19. The van der Waals surface area contributed by atoms with Gasteiger partial charge in [-0.05, 0) is 23.8 Å². The molecule has 0 saturated carbocycles. The molecule has 0 aliphatic rings. The molecule has 0 spiro atoms. The predicted octanol–water partition coefficient (Wildman–Crippen LogP) is 3.44. The minimum Gasteiger partial charge on any atom is -0.0622 e. The van der Waals surface area contributed by atoms with Crippen molar-refractivity contribution in [1.82, 2.24) is 0 Å². The van der Waals surface area contributed by atoms with Gasteiger partial charge in [0.2, 0.25) is 0 Å². The largest absolute Gasteiger partial charge is 0.0622 e. The average molecular weight is 427 g/mol. The molecule has 0 amide bonds. The number of benzene rings is 3. The van der Waals surface area contributed by atoms with Crippen molar-refractivity contribution in [1.29, 1.82) is 0 Å². The van der Waals surface area contributed by atoms with Crippen LogP contribution in [0.5, 0.6) is 0 Å². The van der Waals surface area contributed by atoms with E-state index in [1.807, 2.05) is 0 Å². The van der Waals surface area contributed by atoms with Crippen LogP contribution in [0.4, 0.5) is 0 Å². The third-order valence-electron chi connectivity index (χ3n) is 3.04. The third-order valence-corrected chi connectivity index (χ3v) is 5.49. The van der Waals surface area contributed by atoms with Crippen LogP contribution in [-0.2, 0) is 36.9 Å². The Kier molecular flexibility index (Phi) is 8.10. The monoisotopic (exact) mass is 426 g/mol. The molecule has 112 valence electrons. The Hall–Kier alpha value is -0.754. The fourth-order valence-electron chi connectivity index (χ4n) is 2.18. The van der Waals surface area contributed by atoms with E-state index >= 15 is 0 Å². The van der Waals surface area contributed by atoms with Crippen molar-refractivity contribution < 1.29 is 36.9 Å². The second-order valence-electron chi connectivity index (χ2n) is 4.34. The van der Waals surface area contributed by atoms with Gasteiger partial charge in [0.1, 0.15) is 0 Å². The second kappa shape index (κ2) is 9.30. The molecule has 21 heavy (non-hydrogen) atoms. The fraction of sp³-hybridized carbons (Fsp3) is 0. The van der Waals surface area contributed by atoms with Crippen LogP contribution >= 0.6 is 7.92 Å². The SMILES string of the molecule is [Ni].[Pd].c1ccc(P(c2ccccc2)c2ccccc2)cc1. The minimum absolute atomic E-state index is 0. The Morgan fingerprint density at radius 3 is 0.905 bits per heavy atom. The van der Waals surface area contributed by atoms with Crippen molar-refractivity contribution in [3.63, 3.8) is 0 Å². The molecule has 0 aliphatic heterocycles. The van der Waals surface area contributed by atoms with Gasteiger partial charge in [0.15, 0.2) is 0 Å². The van der Waals surface area contributed by atoms with E-state index in [1.165, 1.54) is 15.9 Å². The first-order valence-corrected chi connectivity index (χ1v) is 7.74. The van der Waals surface area contributed by atoms with Crippen LogP contribution in [0.15, 0.2) is 91.0 Å². The molecule has 0 aliphatic carbocycles. The molecule has 0 atom stereocenters. The van der Waals surface area contributed by atoms with Gasteiger partial charge < -0.3 is 0 Å². The van der Waals surface area contributed by atoms with E-state index in [4.69, 9.17) is 0 Å². The van der Waals surface area contributed by atoms with E-state index < -0.39 is 7.92 Å². The zero-order chi connectivity index (χ0) is 12.9. The Morgan fingerprint density at radius 2 is 0.667 bits per heavy atom. The number of hydrogen-bond donors (Lipinski definition) is 0. The quantitative estimate of drug-likeness (QED) is 0.444. The molecule has 0 fully saturated rings. The maximum absolute atomic E-state index is 2.23. The molecule has 0 saturated heterocycles. The van der Waals surface area contributed by atoms with Crippen molar-refractivity contribution in [2.24, 2.45) is 0 Å². The predicted molar refractivity (Wildman–Crippen MR) is 85.1 cm³/mol. The summed E-state index contributed by atoms with van der Waals surface area (Å²) in [6.07, 6.45) is 0. The topological polar surface area (TPSA) is 0 Å². The summed E-state index contributed by atoms with van der Waals surface area (Å²) in [6.45, 7) is 0. The summed E-state index contributed by atoms with van der Waals surface area (Å²) < 4.78 is 0. The van der Waals surface area contributed by atoms with E-state index in [9.17, 15) is 0 Å². The summed E-state index contributed by atoms with van der Waals surface area (Å²) in [7, 11) is -0.446. The molecule has 0 heterocycles. The van der Waals surface area contributed by atoms with E-state index in [0.29, 0.717) is 0 Å². The molecule has 3 rings (SSSR count). The molecule has 0 unspecified atom stereocenters. The zero-order valence-corrected chi connectivity index (χ0v) is 14.7. The van der Waals surface area contributed by atoms with Crippen LogP contribution in [0.3, 0.4) is 0 Å². The van der Waals surface area contributed by atoms with Crippen LogP contribution < -0.4 is 15.9 Å².